The maximum atomic E-state index is 12.8. The van der Waals surface area contributed by atoms with Gasteiger partial charge in [-0.25, -0.2) is 8.42 Å². The molecule has 21 heavy (non-hydrogen) atoms. The number of nitrogens with zero attached hydrogens (tertiary/aromatic N) is 1. The summed E-state index contributed by atoms with van der Waals surface area (Å²) in [6.45, 7) is 0.288. The average molecular weight is 303 g/mol. The Morgan fingerprint density at radius 2 is 1.76 bits per heavy atom. The monoisotopic (exact) mass is 303 g/mol. The lowest BCUT2D eigenvalue weighted by Gasteiger charge is -2.22. The Morgan fingerprint density at radius 3 is 2.38 bits per heavy atom. The summed E-state index contributed by atoms with van der Waals surface area (Å²) >= 11 is 0. The van der Waals surface area contributed by atoms with Gasteiger partial charge in [-0.3, -0.25) is 0 Å². The molecule has 0 aromatic heterocycles. The lowest BCUT2D eigenvalue weighted by Crippen LogP contribution is -2.32. The van der Waals surface area contributed by atoms with Crippen molar-refractivity contribution >= 4 is 10.0 Å². The minimum absolute atomic E-state index is 0.0672. The van der Waals surface area contributed by atoms with Crippen LogP contribution < -0.4 is 0 Å². The first kappa shape index (κ1) is 14.1. The molecule has 0 heterocycles. The highest BCUT2D eigenvalue weighted by atomic mass is 32.2. The van der Waals surface area contributed by atoms with E-state index in [2.05, 4.69) is 0 Å². The Morgan fingerprint density at radius 1 is 1.05 bits per heavy atom. The fourth-order valence-corrected chi connectivity index (χ4v) is 4.03. The quantitative estimate of drug-likeness (QED) is 0.924. The van der Waals surface area contributed by atoms with Crippen molar-refractivity contribution in [2.24, 2.45) is 0 Å². The second-order valence-electron chi connectivity index (χ2n) is 5.26. The molecule has 0 unspecified atom stereocenters. The molecule has 5 heteroatoms. The molecule has 0 spiro atoms. The molecule has 1 aliphatic carbocycles. The Kier molecular flexibility index (Phi) is 3.69. The highest BCUT2D eigenvalue weighted by Gasteiger charge is 2.37. The van der Waals surface area contributed by atoms with E-state index in [-0.39, 0.29) is 18.3 Å². The van der Waals surface area contributed by atoms with Crippen molar-refractivity contribution in [3.63, 3.8) is 0 Å². The zero-order chi connectivity index (χ0) is 14.9. The highest BCUT2D eigenvalue weighted by molar-refractivity contribution is 7.89. The number of phenols is 1. The highest BCUT2D eigenvalue weighted by Crippen LogP contribution is 2.33. The Balaban J connectivity index is 1.92. The molecule has 0 amide bonds. The van der Waals surface area contributed by atoms with Gasteiger partial charge in [0.05, 0.1) is 4.90 Å². The number of rotatable bonds is 5. The minimum Gasteiger partial charge on any atom is -0.508 e. The molecule has 0 bridgehead atoms. The third-order valence-corrected chi connectivity index (χ3v) is 5.47. The first-order valence-corrected chi connectivity index (χ1v) is 8.36. The van der Waals surface area contributed by atoms with E-state index in [1.807, 2.05) is 6.07 Å². The van der Waals surface area contributed by atoms with Crippen molar-refractivity contribution in [2.45, 2.75) is 30.3 Å². The Labute approximate surface area is 124 Å². The third-order valence-electron chi connectivity index (χ3n) is 3.55. The van der Waals surface area contributed by atoms with Crippen LogP contribution in [0.25, 0.3) is 0 Å². The molecule has 0 aliphatic heterocycles. The smallest absolute Gasteiger partial charge is 0.243 e. The van der Waals surface area contributed by atoms with E-state index in [1.54, 1.807) is 48.5 Å². The predicted octanol–water partition coefficient (Wildman–Crippen LogP) is 2.75. The van der Waals surface area contributed by atoms with Crippen LogP contribution in [0.15, 0.2) is 59.5 Å². The van der Waals surface area contributed by atoms with Crippen LogP contribution >= 0.6 is 0 Å². The van der Waals surface area contributed by atoms with Gasteiger partial charge < -0.3 is 5.11 Å². The average Bonchev–Trinajstić information content (AvgIpc) is 3.30. The van der Waals surface area contributed by atoms with Crippen molar-refractivity contribution in [2.75, 3.05) is 0 Å². The van der Waals surface area contributed by atoms with Gasteiger partial charge in [0.15, 0.2) is 0 Å². The maximum absolute atomic E-state index is 12.8. The molecule has 2 aromatic rings. The topological polar surface area (TPSA) is 57.6 Å². The van der Waals surface area contributed by atoms with Crippen molar-refractivity contribution in [1.82, 2.24) is 4.31 Å². The molecular weight excluding hydrogens is 286 g/mol. The molecule has 110 valence electrons. The normalized spacial score (nSPS) is 15.3. The number of aromatic hydroxyl groups is 1. The first-order valence-electron chi connectivity index (χ1n) is 6.92. The van der Waals surface area contributed by atoms with E-state index >= 15 is 0 Å². The summed E-state index contributed by atoms with van der Waals surface area (Å²) in [4.78, 5) is 0.317. The van der Waals surface area contributed by atoms with E-state index in [9.17, 15) is 13.5 Å². The van der Waals surface area contributed by atoms with Crippen LogP contribution in [0.3, 0.4) is 0 Å². The van der Waals surface area contributed by atoms with Gasteiger partial charge in [0.2, 0.25) is 10.0 Å². The van der Waals surface area contributed by atoms with Gasteiger partial charge in [-0.2, -0.15) is 4.31 Å². The second kappa shape index (κ2) is 5.50. The lowest BCUT2D eigenvalue weighted by atomic mass is 10.2. The molecule has 4 nitrogen and oxygen atoms in total. The van der Waals surface area contributed by atoms with Crippen molar-refractivity contribution in [1.29, 1.82) is 0 Å². The number of hydrogen-bond donors (Lipinski definition) is 1. The SMILES string of the molecule is O=S(=O)(c1ccccc1)N(Cc1cccc(O)c1)C1CC1. The van der Waals surface area contributed by atoms with Crippen LogP contribution in [0.2, 0.25) is 0 Å². The zero-order valence-corrected chi connectivity index (χ0v) is 12.3. The summed E-state index contributed by atoms with van der Waals surface area (Å²) in [5, 5.41) is 9.53. The number of benzene rings is 2. The summed E-state index contributed by atoms with van der Waals surface area (Å²) in [6, 6.07) is 15.3. The van der Waals surface area contributed by atoms with Crippen LogP contribution in [0.5, 0.6) is 5.75 Å². The molecule has 1 N–H and O–H groups in total. The lowest BCUT2D eigenvalue weighted by molar-refractivity contribution is 0.397. The summed E-state index contributed by atoms with van der Waals surface area (Å²) in [7, 11) is -3.50. The van der Waals surface area contributed by atoms with Crippen LogP contribution in [0, 0.1) is 0 Å². The zero-order valence-electron chi connectivity index (χ0n) is 11.5. The van der Waals surface area contributed by atoms with Gasteiger partial charge >= 0.3 is 0 Å². The largest absolute Gasteiger partial charge is 0.508 e. The number of hydrogen-bond acceptors (Lipinski definition) is 3. The Bertz CT molecular complexity index is 724. The minimum atomic E-state index is -3.50. The Hall–Kier alpha value is -1.85. The predicted molar refractivity (Wildman–Crippen MR) is 80.3 cm³/mol. The summed E-state index contributed by atoms with van der Waals surface area (Å²) in [5.41, 5.74) is 0.793. The van der Waals surface area contributed by atoms with Crippen molar-refractivity contribution in [3.8, 4) is 5.75 Å². The fraction of sp³-hybridized carbons (Fsp3) is 0.250. The van der Waals surface area contributed by atoms with Gasteiger partial charge in [0, 0.05) is 12.6 Å². The van der Waals surface area contributed by atoms with E-state index in [4.69, 9.17) is 0 Å². The standard InChI is InChI=1S/C16H17NO3S/c18-15-6-4-5-13(11-15)12-17(14-9-10-14)21(19,20)16-7-2-1-3-8-16/h1-8,11,14,18H,9-10,12H2. The fourth-order valence-electron chi connectivity index (χ4n) is 2.34. The van der Waals surface area contributed by atoms with Gasteiger partial charge in [0.25, 0.3) is 0 Å². The first-order chi connectivity index (χ1) is 10.1. The molecule has 3 rings (SSSR count). The maximum Gasteiger partial charge on any atom is 0.243 e. The van der Waals surface area contributed by atoms with Crippen LogP contribution in [0.1, 0.15) is 18.4 Å². The molecular formula is C16H17NO3S. The van der Waals surface area contributed by atoms with Crippen molar-refractivity contribution in [3.05, 3.63) is 60.2 Å². The van der Waals surface area contributed by atoms with Gasteiger partial charge in [0.1, 0.15) is 5.75 Å². The van der Waals surface area contributed by atoms with E-state index < -0.39 is 10.0 Å². The molecule has 1 aliphatic rings. The van der Waals surface area contributed by atoms with Crippen LogP contribution in [-0.4, -0.2) is 23.9 Å². The van der Waals surface area contributed by atoms with Gasteiger partial charge in [-0.1, -0.05) is 30.3 Å². The van der Waals surface area contributed by atoms with Gasteiger partial charge in [-0.05, 0) is 42.7 Å². The third kappa shape index (κ3) is 3.09. The molecule has 1 fully saturated rings. The second-order valence-corrected chi connectivity index (χ2v) is 7.15. The molecule has 0 radical (unpaired) electrons. The molecule has 2 aromatic carbocycles. The van der Waals surface area contributed by atoms with Crippen LogP contribution in [0.4, 0.5) is 0 Å². The number of sulfonamides is 1. The van der Waals surface area contributed by atoms with Crippen LogP contribution in [-0.2, 0) is 16.6 Å². The molecule has 0 atom stereocenters. The van der Waals surface area contributed by atoms with E-state index in [0.29, 0.717) is 4.90 Å². The van der Waals surface area contributed by atoms with Crippen molar-refractivity contribution < 1.29 is 13.5 Å². The van der Waals surface area contributed by atoms with E-state index in [1.165, 1.54) is 4.31 Å². The van der Waals surface area contributed by atoms with Gasteiger partial charge in [-0.15, -0.1) is 0 Å². The molecule has 0 saturated heterocycles. The summed E-state index contributed by atoms with van der Waals surface area (Å²) in [5.74, 6) is 0.153. The van der Waals surface area contributed by atoms with E-state index in [0.717, 1.165) is 18.4 Å². The summed E-state index contributed by atoms with van der Waals surface area (Å²) in [6.07, 6.45) is 1.79. The number of phenolic OH excluding ortho intramolecular Hbond substituents is 1. The molecule has 1 saturated carbocycles. The summed E-state index contributed by atoms with van der Waals surface area (Å²) < 4.78 is 27.1.